The Labute approximate surface area is 68.8 Å². The summed E-state index contributed by atoms with van der Waals surface area (Å²) >= 11 is 10.7. The van der Waals surface area contributed by atoms with E-state index in [9.17, 15) is 9.59 Å². The Morgan fingerprint density at radius 2 is 1.10 bits per heavy atom. The second kappa shape index (κ2) is 3.74. The molecule has 10 heavy (non-hydrogen) atoms. The lowest BCUT2D eigenvalue weighted by molar-refractivity contribution is -0.115. The minimum absolute atomic E-state index is 0.200. The molecule has 0 aromatic carbocycles. The van der Waals surface area contributed by atoms with Crippen LogP contribution < -0.4 is 0 Å². The van der Waals surface area contributed by atoms with E-state index in [1.54, 1.807) is 0 Å². The number of allylic oxidation sites excluding steroid dienone is 2. The Morgan fingerprint density at radius 3 is 1.20 bits per heavy atom. The van der Waals surface area contributed by atoms with E-state index in [0.717, 1.165) is 0 Å². The summed E-state index contributed by atoms with van der Waals surface area (Å²) in [5, 5.41) is -0.400. The molecule has 0 atom stereocenters. The Balaban J connectivity index is 4.67. The zero-order valence-corrected chi connectivity index (χ0v) is 7.08. The molecule has 0 aromatic heterocycles. The molecule has 0 aliphatic rings. The molecule has 0 radical (unpaired) electrons. The molecule has 0 spiro atoms. The van der Waals surface area contributed by atoms with Gasteiger partial charge >= 0.3 is 0 Å². The number of ketones is 2. The van der Waals surface area contributed by atoms with E-state index in [4.69, 9.17) is 23.2 Å². The highest BCUT2D eigenvalue weighted by atomic mass is 35.5. The molecule has 0 saturated carbocycles. The molecule has 0 unspecified atom stereocenters. The first-order valence-corrected chi connectivity index (χ1v) is 3.29. The summed E-state index contributed by atoms with van der Waals surface area (Å²) in [6, 6.07) is 0. The summed E-state index contributed by atoms with van der Waals surface area (Å²) in [5.41, 5.74) is 0. The van der Waals surface area contributed by atoms with Gasteiger partial charge in [-0.25, -0.2) is 0 Å². The van der Waals surface area contributed by atoms with E-state index in [-0.39, 0.29) is 10.1 Å². The van der Waals surface area contributed by atoms with Gasteiger partial charge in [0.15, 0.2) is 11.6 Å². The first-order valence-electron chi connectivity index (χ1n) is 2.54. The Kier molecular flexibility index (Phi) is 3.61. The lowest BCUT2D eigenvalue weighted by Crippen LogP contribution is -1.98. The van der Waals surface area contributed by atoms with Crippen LogP contribution in [0.2, 0.25) is 0 Å². The predicted octanol–water partition coefficient (Wildman–Crippen LogP) is 1.85. The summed E-state index contributed by atoms with van der Waals surface area (Å²) in [6.07, 6.45) is 0. The van der Waals surface area contributed by atoms with Crippen LogP contribution in [0.4, 0.5) is 0 Å². The first kappa shape index (κ1) is 9.66. The lowest BCUT2D eigenvalue weighted by Gasteiger charge is -1.93. The van der Waals surface area contributed by atoms with E-state index in [0.29, 0.717) is 0 Å². The topological polar surface area (TPSA) is 34.1 Å². The number of hydrogen-bond acceptors (Lipinski definition) is 2. The molecule has 0 heterocycles. The van der Waals surface area contributed by atoms with E-state index in [1.807, 2.05) is 0 Å². The van der Waals surface area contributed by atoms with Gasteiger partial charge in [-0.3, -0.25) is 9.59 Å². The number of hydrogen-bond donors (Lipinski definition) is 0. The maximum Gasteiger partial charge on any atom is 0.172 e. The average molecular weight is 181 g/mol. The second-order valence-corrected chi connectivity index (χ2v) is 2.50. The van der Waals surface area contributed by atoms with Crippen LogP contribution in [0.15, 0.2) is 10.1 Å². The van der Waals surface area contributed by atoms with Gasteiger partial charge in [-0.2, -0.15) is 0 Å². The van der Waals surface area contributed by atoms with Crippen molar-refractivity contribution in [1.82, 2.24) is 0 Å². The SMILES string of the molecule is CC(=O)/C(Cl)=C(\Cl)C(C)=O. The Bertz CT molecular complexity index is 184. The van der Waals surface area contributed by atoms with Crippen molar-refractivity contribution in [2.45, 2.75) is 13.8 Å². The normalized spacial score (nSPS) is 12.4. The minimum atomic E-state index is -0.401. The highest BCUT2D eigenvalue weighted by molar-refractivity contribution is 6.53. The molecule has 0 fully saturated rings. The minimum Gasteiger partial charge on any atom is -0.293 e. The van der Waals surface area contributed by atoms with Crippen molar-refractivity contribution in [2.75, 3.05) is 0 Å². The molecule has 56 valence electrons. The van der Waals surface area contributed by atoms with Crippen LogP contribution >= 0.6 is 23.2 Å². The number of rotatable bonds is 2. The molecule has 0 N–H and O–H groups in total. The smallest absolute Gasteiger partial charge is 0.172 e. The maximum atomic E-state index is 10.5. The molecular formula is C6H6Cl2O2. The van der Waals surface area contributed by atoms with Crippen molar-refractivity contribution in [3.05, 3.63) is 10.1 Å². The highest BCUT2D eigenvalue weighted by Crippen LogP contribution is 2.14. The first-order chi connectivity index (χ1) is 4.46. The zero-order valence-electron chi connectivity index (χ0n) is 5.57. The van der Waals surface area contributed by atoms with Gasteiger partial charge in [0.2, 0.25) is 0 Å². The molecule has 2 nitrogen and oxygen atoms in total. The van der Waals surface area contributed by atoms with E-state index < -0.39 is 11.6 Å². The summed E-state index contributed by atoms with van der Waals surface area (Å²) < 4.78 is 0. The van der Waals surface area contributed by atoms with Gasteiger partial charge in [-0.15, -0.1) is 0 Å². The van der Waals surface area contributed by atoms with Crippen molar-refractivity contribution >= 4 is 34.8 Å². The van der Waals surface area contributed by atoms with Crippen LogP contribution in [0, 0.1) is 0 Å². The van der Waals surface area contributed by atoms with Crippen molar-refractivity contribution in [1.29, 1.82) is 0 Å². The summed E-state index contributed by atoms with van der Waals surface area (Å²) in [4.78, 5) is 20.9. The largest absolute Gasteiger partial charge is 0.293 e. The quantitative estimate of drug-likeness (QED) is 0.609. The maximum absolute atomic E-state index is 10.5. The molecule has 0 aromatic rings. The third-order valence-electron chi connectivity index (χ3n) is 0.811. The lowest BCUT2D eigenvalue weighted by atomic mass is 10.3. The van der Waals surface area contributed by atoms with E-state index in [2.05, 4.69) is 0 Å². The average Bonchev–Trinajstić information content (AvgIpc) is 1.84. The van der Waals surface area contributed by atoms with Crippen LogP contribution in [0.3, 0.4) is 0 Å². The van der Waals surface area contributed by atoms with Crippen LogP contribution in [0.1, 0.15) is 13.8 Å². The second-order valence-electron chi connectivity index (χ2n) is 1.74. The summed E-state index contributed by atoms with van der Waals surface area (Å²) in [6.45, 7) is 2.49. The van der Waals surface area contributed by atoms with E-state index >= 15 is 0 Å². The van der Waals surface area contributed by atoms with Gasteiger partial charge < -0.3 is 0 Å². The van der Waals surface area contributed by atoms with Gasteiger partial charge in [-0.1, -0.05) is 23.2 Å². The van der Waals surface area contributed by atoms with Crippen molar-refractivity contribution in [3.8, 4) is 0 Å². The van der Waals surface area contributed by atoms with Gasteiger partial charge in [0.1, 0.15) is 10.1 Å². The fourth-order valence-electron chi connectivity index (χ4n) is 0.309. The predicted molar refractivity (Wildman–Crippen MR) is 40.1 cm³/mol. The van der Waals surface area contributed by atoms with Gasteiger partial charge in [-0.05, 0) is 0 Å². The van der Waals surface area contributed by atoms with Crippen molar-refractivity contribution < 1.29 is 9.59 Å². The fraction of sp³-hybridized carbons (Fsp3) is 0.333. The monoisotopic (exact) mass is 180 g/mol. The molecule has 0 saturated heterocycles. The van der Waals surface area contributed by atoms with E-state index in [1.165, 1.54) is 13.8 Å². The van der Waals surface area contributed by atoms with Crippen LogP contribution in [0.25, 0.3) is 0 Å². The third-order valence-corrected chi connectivity index (χ3v) is 1.82. The molecule has 0 rings (SSSR count). The molecule has 0 bridgehead atoms. The van der Waals surface area contributed by atoms with Gasteiger partial charge in [0.05, 0.1) is 0 Å². The molecular weight excluding hydrogens is 175 g/mol. The van der Waals surface area contributed by atoms with Crippen LogP contribution in [0.5, 0.6) is 0 Å². The molecule has 0 aliphatic carbocycles. The molecule has 0 aliphatic heterocycles. The third kappa shape index (κ3) is 2.50. The number of carbonyl (C=O) groups is 2. The van der Waals surface area contributed by atoms with Crippen LogP contribution in [-0.2, 0) is 9.59 Å². The zero-order chi connectivity index (χ0) is 8.31. The summed E-state index contributed by atoms with van der Waals surface area (Å²) in [7, 11) is 0. The molecule has 0 amide bonds. The molecule has 4 heteroatoms. The van der Waals surface area contributed by atoms with Crippen molar-refractivity contribution in [2.24, 2.45) is 0 Å². The standard InChI is InChI=1S/C6H6Cl2O2/c1-3(9)5(7)6(8)4(2)10/h1-2H3/b6-5+. The van der Waals surface area contributed by atoms with Gasteiger partial charge in [0.25, 0.3) is 0 Å². The fourth-order valence-corrected chi connectivity index (χ4v) is 0.575. The summed E-state index contributed by atoms with van der Waals surface area (Å²) in [5.74, 6) is -0.802. The van der Waals surface area contributed by atoms with Gasteiger partial charge in [0, 0.05) is 13.8 Å². The van der Waals surface area contributed by atoms with Crippen molar-refractivity contribution in [3.63, 3.8) is 0 Å². The highest BCUT2D eigenvalue weighted by Gasteiger charge is 2.09. The number of carbonyl (C=O) groups excluding carboxylic acids is 2. The Morgan fingerprint density at radius 1 is 0.900 bits per heavy atom. The van der Waals surface area contributed by atoms with Crippen LogP contribution in [-0.4, -0.2) is 11.6 Å². The number of Topliss-reactive ketones (excluding diaryl/α,β-unsaturated/α-hetero) is 2. The number of halogens is 2. The Hall–Kier alpha value is -0.340.